The van der Waals surface area contributed by atoms with Gasteiger partial charge < -0.3 is 14.6 Å². The predicted molar refractivity (Wildman–Crippen MR) is 98.4 cm³/mol. The van der Waals surface area contributed by atoms with Gasteiger partial charge in [-0.25, -0.2) is 18.2 Å². The molecule has 1 saturated carbocycles. The van der Waals surface area contributed by atoms with Gasteiger partial charge in [0.25, 0.3) is 0 Å². The minimum absolute atomic E-state index is 0.00799. The Labute approximate surface area is 166 Å². The summed E-state index contributed by atoms with van der Waals surface area (Å²) in [4.78, 5) is 14.0. The third-order valence-electron chi connectivity index (χ3n) is 7.98. The van der Waals surface area contributed by atoms with Crippen molar-refractivity contribution in [2.75, 3.05) is 24.6 Å². The monoisotopic (exact) mass is 417 g/mol. The van der Waals surface area contributed by atoms with Crippen LogP contribution in [0.1, 0.15) is 40.0 Å². The highest BCUT2D eigenvalue weighted by atomic mass is 32.2. The zero-order chi connectivity index (χ0) is 19.9. The van der Waals surface area contributed by atoms with Gasteiger partial charge in [0.1, 0.15) is 6.23 Å². The van der Waals surface area contributed by atoms with Crippen LogP contribution < -0.4 is 0 Å². The molecule has 6 rings (SSSR count). The molecule has 6 fully saturated rings. The molecular formula is C19H31NO7S. The van der Waals surface area contributed by atoms with Gasteiger partial charge in [-0.3, -0.25) is 4.90 Å². The second-order valence-corrected chi connectivity index (χ2v) is 11.9. The number of nitrogens with zero attached hydrogens (tertiary/aromatic N) is 1. The highest BCUT2D eigenvalue weighted by molar-refractivity contribution is 7.91. The summed E-state index contributed by atoms with van der Waals surface area (Å²) in [6, 6.07) is 0. The Morgan fingerprint density at radius 2 is 1.79 bits per heavy atom. The maximum absolute atomic E-state index is 11.9. The van der Waals surface area contributed by atoms with Crippen LogP contribution in [0, 0.1) is 23.7 Å². The lowest BCUT2D eigenvalue weighted by Crippen LogP contribution is -2.73. The summed E-state index contributed by atoms with van der Waals surface area (Å²) in [7, 11) is -2.97. The Morgan fingerprint density at radius 3 is 2.50 bits per heavy atom. The molecule has 1 aliphatic carbocycles. The second-order valence-electron chi connectivity index (χ2n) is 9.59. The highest BCUT2D eigenvalue weighted by Crippen LogP contribution is 2.60. The molecule has 0 aromatic heterocycles. The molecule has 0 aromatic rings. The lowest BCUT2D eigenvalue weighted by atomic mass is 9.57. The lowest BCUT2D eigenvalue weighted by molar-refractivity contribution is -0.575. The molecule has 5 aliphatic heterocycles. The number of rotatable bonds is 1. The van der Waals surface area contributed by atoms with Crippen LogP contribution >= 0.6 is 0 Å². The van der Waals surface area contributed by atoms with Gasteiger partial charge >= 0.3 is 0 Å². The fourth-order valence-corrected chi connectivity index (χ4v) is 7.47. The third-order valence-corrected chi connectivity index (χ3v) is 9.59. The molecule has 160 valence electrons. The lowest BCUT2D eigenvalue weighted by Gasteiger charge is -2.62. The quantitative estimate of drug-likeness (QED) is 0.629. The molecule has 0 unspecified atom stereocenters. The van der Waals surface area contributed by atoms with Crippen LogP contribution in [0.5, 0.6) is 0 Å². The number of fused-ring (bicyclic) bond motifs is 2. The van der Waals surface area contributed by atoms with Crippen LogP contribution in [0.4, 0.5) is 0 Å². The largest absolute Gasteiger partial charge is 0.393 e. The first kappa shape index (κ1) is 19.7. The van der Waals surface area contributed by atoms with E-state index in [1.54, 1.807) is 0 Å². The van der Waals surface area contributed by atoms with Crippen molar-refractivity contribution < 1.29 is 32.8 Å². The normalized spacial score (nSPS) is 56.1. The molecule has 5 saturated heterocycles. The first-order valence-electron chi connectivity index (χ1n) is 10.5. The van der Waals surface area contributed by atoms with Crippen molar-refractivity contribution in [3.63, 3.8) is 0 Å². The molecule has 0 radical (unpaired) electrons. The standard InChI is InChI=1S/C19H31NO7S/c1-11-13-4-5-18(3)25-17-19(13,27-26-18)14(10-15(11)21)12(2)16(24-17)20-6-8-28(22,23)9-7-20/h11-17,21H,4-10H2,1-3H3/t11-,12+,13-,14-,15+,16+,17+,18-,19+/m0/s1. The van der Waals surface area contributed by atoms with E-state index in [0.717, 1.165) is 6.42 Å². The zero-order valence-corrected chi connectivity index (χ0v) is 17.6. The van der Waals surface area contributed by atoms with Gasteiger partial charge in [-0.15, -0.1) is 0 Å². The van der Waals surface area contributed by atoms with Gasteiger partial charge in [0.05, 0.1) is 17.6 Å². The molecule has 0 amide bonds. The van der Waals surface area contributed by atoms with Crippen LogP contribution in [0.25, 0.3) is 0 Å². The van der Waals surface area contributed by atoms with E-state index in [1.807, 2.05) is 6.92 Å². The van der Waals surface area contributed by atoms with E-state index in [1.165, 1.54) is 0 Å². The minimum atomic E-state index is -2.97. The molecule has 28 heavy (non-hydrogen) atoms. The van der Waals surface area contributed by atoms with Crippen molar-refractivity contribution in [3.05, 3.63) is 0 Å². The highest BCUT2D eigenvalue weighted by Gasteiger charge is 2.70. The first-order valence-corrected chi connectivity index (χ1v) is 12.3. The number of aliphatic hydroxyl groups is 1. The number of sulfone groups is 1. The summed E-state index contributed by atoms with van der Waals surface area (Å²) < 4.78 is 36.6. The first-order chi connectivity index (χ1) is 13.2. The van der Waals surface area contributed by atoms with Crippen molar-refractivity contribution >= 4 is 9.84 Å². The van der Waals surface area contributed by atoms with E-state index in [2.05, 4.69) is 18.7 Å². The Hall–Kier alpha value is -0.290. The van der Waals surface area contributed by atoms with E-state index in [-0.39, 0.29) is 41.4 Å². The van der Waals surface area contributed by atoms with Crippen LogP contribution in [0.3, 0.4) is 0 Å². The van der Waals surface area contributed by atoms with Crippen molar-refractivity contribution in [2.45, 2.75) is 70.0 Å². The van der Waals surface area contributed by atoms with Gasteiger partial charge in [-0.1, -0.05) is 13.8 Å². The van der Waals surface area contributed by atoms with E-state index in [9.17, 15) is 13.5 Å². The number of hydrogen-bond acceptors (Lipinski definition) is 8. The van der Waals surface area contributed by atoms with Crippen LogP contribution in [0.2, 0.25) is 0 Å². The fourth-order valence-electron chi connectivity index (χ4n) is 6.24. The topological polar surface area (TPSA) is 94.5 Å². The molecule has 8 nitrogen and oxygen atoms in total. The molecule has 5 heterocycles. The smallest absolute Gasteiger partial charge is 0.201 e. The van der Waals surface area contributed by atoms with Gasteiger partial charge in [0, 0.05) is 37.3 Å². The average molecular weight is 418 g/mol. The number of ether oxygens (including phenoxy) is 2. The van der Waals surface area contributed by atoms with E-state index < -0.39 is 33.6 Å². The van der Waals surface area contributed by atoms with Gasteiger partial charge in [-0.2, -0.15) is 0 Å². The Balaban J connectivity index is 1.50. The van der Waals surface area contributed by atoms with Gasteiger partial charge in [0.15, 0.2) is 21.7 Å². The molecule has 6 aliphatic rings. The summed E-state index contributed by atoms with van der Waals surface area (Å²) >= 11 is 0. The van der Waals surface area contributed by atoms with Gasteiger partial charge in [0.2, 0.25) is 5.79 Å². The molecule has 9 atom stereocenters. The minimum Gasteiger partial charge on any atom is -0.393 e. The van der Waals surface area contributed by atoms with Gasteiger partial charge in [-0.05, 0) is 25.7 Å². The molecule has 1 N–H and O–H groups in total. The summed E-state index contributed by atoms with van der Waals surface area (Å²) in [5.41, 5.74) is -0.730. The molecule has 0 aromatic carbocycles. The summed E-state index contributed by atoms with van der Waals surface area (Å²) in [5, 5.41) is 10.8. The van der Waals surface area contributed by atoms with Crippen LogP contribution in [-0.4, -0.2) is 73.0 Å². The summed E-state index contributed by atoms with van der Waals surface area (Å²) in [6.45, 7) is 6.98. The van der Waals surface area contributed by atoms with E-state index in [4.69, 9.17) is 19.2 Å². The fraction of sp³-hybridized carbons (Fsp3) is 1.00. The average Bonchev–Trinajstić information content (AvgIpc) is 2.87. The maximum atomic E-state index is 11.9. The Morgan fingerprint density at radius 1 is 1.07 bits per heavy atom. The molecule has 1 spiro atoms. The molecule has 2 bridgehead atoms. The SMILES string of the molecule is C[C@@H]1[C@H](O)C[C@H]2[C@@H](C)[C@H](N3CCS(=O)(=O)CC3)O[C@@H]3O[C@]4(C)CC[C@@H]1[C@]32OO4. The third kappa shape index (κ3) is 2.74. The zero-order valence-electron chi connectivity index (χ0n) is 16.7. The van der Waals surface area contributed by atoms with Crippen molar-refractivity contribution in [2.24, 2.45) is 23.7 Å². The summed E-state index contributed by atoms with van der Waals surface area (Å²) in [6.07, 6.45) is 0.888. The number of hydrogen-bond donors (Lipinski definition) is 1. The molecule has 9 heteroatoms. The van der Waals surface area contributed by atoms with E-state index >= 15 is 0 Å². The van der Waals surface area contributed by atoms with Crippen molar-refractivity contribution in [1.82, 2.24) is 4.90 Å². The Bertz CT molecular complexity index is 729. The van der Waals surface area contributed by atoms with E-state index in [0.29, 0.717) is 25.9 Å². The number of aliphatic hydroxyl groups excluding tert-OH is 1. The summed E-state index contributed by atoms with van der Waals surface area (Å²) in [5.74, 6) is -0.343. The maximum Gasteiger partial charge on any atom is 0.201 e. The van der Waals surface area contributed by atoms with Crippen molar-refractivity contribution in [3.8, 4) is 0 Å². The van der Waals surface area contributed by atoms with Crippen molar-refractivity contribution in [1.29, 1.82) is 0 Å². The van der Waals surface area contributed by atoms with Crippen LogP contribution in [0.15, 0.2) is 0 Å². The predicted octanol–water partition coefficient (Wildman–Crippen LogP) is 0.896. The second kappa shape index (κ2) is 6.35. The molecular weight excluding hydrogens is 386 g/mol. The Kier molecular flexibility index (Phi) is 4.46. The van der Waals surface area contributed by atoms with Crippen LogP contribution in [-0.2, 0) is 29.1 Å².